The third-order valence-electron chi connectivity index (χ3n) is 5.64. The average Bonchev–Trinajstić information content (AvgIpc) is 3.22. The van der Waals surface area contributed by atoms with Gasteiger partial charge in [0.25, 0.3) is 0 Å². The molecule has 0 aliphatic carbocycles. The molecule has 2 atom stereocenters. The van der Waals surface area contributed by atoms with E-state index >= 15 is 0 Å². The number of unbranched alkanes of at least 4 members (excludes halogenated alkanes) is 1. The minimum absolute atomic E-state index is 0.00934. The number of rotatable bonds is 8. The minimum Gasteiger partial charge on any atom is -0.441 e. The number of oxazole rings is 1. The molecule has 1 fully saturated rings. The molecule has 30 heavy (non-hydrogen) atoms. The van der Waals surface area contributed by atoms with Crippen LogP contribution in [0.1, 0.15) is 51.8 Å². The third-order valence-corrected chi connectivity index (χ3v) is 5.64. The summed E-state index contributed by atoms with van der Waals surface area (Å²) in [7, 11) is 0. The Hall–Kier alpha value is -2.70. The van der Waals surface area contributed by atoms with Crippen LogP contribution in [0.5, 0.6) is 0 Å². The van der Waals surface area contributed by atoms with E-state index in [4.69, 9.17) is 4.42 Å². The van der Waals surface area contributed by atoms with Crippen molar-refractivity contribution in [1.29, 1.82) is 0 Å². The number of likely N-dealkylation sites (tertiary alicyclic amines) is 1. The highest BCUT2D eigenvalue weighted by Crippen LogP contribution is 2.24. The number of hydrogen-bond acceptors (Lipinski definition) is 4. The molecular formula is C23H30FN3O3. The summed E-state index contributed by atoms with van der Waals surface area (Å²) in [6, 6.07) is 6.12. The highest BCUT2D eigenvalue weighted by molar-refractivity contribution is 5.81. The van der Waals surface area contributed by atoms with E-state index in [0.29, 0.717) is 31.2 Å². The number of amides is 2. The monoisotopic (exact) mass is 415 g/mol. The first-order valence-electron chi connectivity index (χ1n) is 10.8. The predicted molar refractivity (Wildman–Crippen MR) is 112 cm³/mol. The average molecular weight is 416 g/mol. The molecule has 0 spiro atoms. The van der Waals surface area contributed by atoms with Crippen LogP contribution in [0.3, 0.4) is 0 Å². The molecule has 7 heteroatoms. The summed E-state index contributed by atoms with van der Waals surface area (Å²) in [6.07, 6.45) is 5.89. The largest absolute Gasteiger partial charge is 0.441 e. The second-order valence-corrected chi connectivity index (χ2v) is 7.94. The van der Waals surface area contributed by atoms with E-state index in [1.54, 1.807) is 18.3 Å². The lowest BCUT2D eigenvalue weighted by Gasteiger charge is -2.37. The van der Waals surface area contributed by atoms with E-state index in [2.05, 4.69) is 17.2 Å². The van der Waals surface area contributed by atoms with E-state index in [9.17, 15) is 14.0 Å². The van der Waals surface area contributed by atoms with Crippen LogP contribution in [0.25, 0.3) is 11.3 Å². The van der Waals surface area contributed by atoms with Gasteiger partial charge in [-0.2, -0.15) is 0 Å². The van der Waals surface area contributed by atoms with Crippen molar-refractivity contribution in [1.82, 2.24) is 15.2 Å². The van der Waals surface area contributed by atoms with Crippen LogP contribution in [0.2, 0.25) is 0 Å². The standard InChI is InChI=1S/C23H30FN3O3/c1-3-4-13-25-23(29)18-6-5-16(2)27(15-18)22(28)12-11-21-26-14-20(30-21)17-7-9-19(24)10-8-17/h7-10,14,16,18H,3-6,11-13,15H2,1-2H3,(H,25,29). The third kappa shape index (κ3) is 5.68. The molecule has 0 saturated carbocycles. The Balaban J connectivity index is 1.53. The van der Waals surface area contributed by atoms with Gasteiger partial charge in [-0.25, -0.2) is 9.37 Å². The van der Waals surface area contributed by atoms with Gasteiger partial charge >= 0.3 is 0 Å². The highest BCUT2D eigenvalue weighted by atomic mass is 19.1. The minimum atomic E-state index is -0.308. The van der Waals surface area contributed by atoms with E-state index in [1.165, 1.54) is 12.1 Å². The Bertz CT molecular complexity index is 850. The molecule has 0 bridgehead atoms. The molecule has 1 aromatic carbocycles. The van der Waals surface area contributed by atoms with Gasteiger partial charge in [0, 0.05) is 37.5 Å². The fraction of sp³-hybridized carbons (Fsp3) is 0.522. The van der Waals surface area contributed by atoms with Crippen LogP contribution < -0.4 is 5.32 Å². The Labute approximate surface area is 176 Å². The number of carbonyl (C=O) groups excluding carboxylic acids is 2. The van der Waals surface area contributed by atoms with Gasteiger partial charge in [0.15, 0.2) is 11.7 Å². The fourth-order valence-electron chi connectivity index (χ4n) is 3.73. The summed E-state index contributed by atoms with van der Waals surface area (Å²) in [4.78, 5) is 31.3. The van der Waals surface area contributed by atoms with E-state index in [1.807, 2.05) is 11.8 Å². The predicted octanol–water partition coefficient (Wildman–Crippen LogP) is 3.96. The zero-order valence-electron chi connectivity index (χ0n) is 17.7. The Kier molecular flexibility index (Phi) is 7.60. The molecule has 3 rings (SSSR count). The molecule has 1 saturated heterocycles. The van der Waals surface area contributed by atoms with Crippen molar-refractivity contribution in [3.05, 3.63) is 42.2 Å². The SMILES string of the molecule is CCCCNC(=O)C1CCC(C)N(C(=O)CCc2ncc(-c3ccc(F)cc3)o2)C1. The van der Waals surface area contributed by atoms with Crippen LogP contribution >= 0.6 is 0 Å². The Morgan fingerprint density at radius 1 is 1.27 bits per heavy atom. The summed E-state index contributed by atoms with van der Waals surface area (Å²) in [5.74, 6) is 0.625. The summed E-state index contributed by atoms with van der Waals surface area (Å²) in [6.45, 7) is 5.27. The summed E-state index contributed by atoms with van der Waals surface area (Å²) < 4.78 is 18.8. The van der Waals surface area contributed by atoms with Gasteiger partial charge in [-0.3, -0.25) is 9.59 Å². The van der Waals surface area contributed by atoms with Gasteiger partial charge < -0.3 is 14.6 Å². The van der Waals surface area contributed by atoms with Crippen molar-refractivity contribution < 1.29 is 18.4 Å². The Morgan fingerprint density at radius 3 is 2.77 bits per heavy atom. The smallest absolute Gasteiger partial charge is 0.224 e. The summed E-state index contributed by atoms with van der Waals surface area (Å²) in [5.41, 5.74) is 0.739. The first-order chi connectivity index (χ1) is 14.5. The maximum Gasteiger partial charge on any atom is 0.224 e. The molecule has 2 aromatic rings. The number of benzene rings is 1. The van der Waals surface area contributed by atoms with Crippen molar-refractivity contribution in [3.8, 4) is 11.3 Å². The van der Waals surface area contributed by atoms with Gasteiger partial charge in [-0.15, -0.1) is 0 Å². The van der Waals surface area contributed by atoms with Crippen molar-refractivity contribution in [2.45, 2.75) is 58.4 Å². The topological polar surface area (TPSA) is 75.4 Å². The lowest BCUT2D eigenvalue weighted by atomic mass is 9.92. The molecule has 1 aromatic heterocycles. The number of aryl methyl sites for hydroxylation is 1. The summed E-state index contributed by atoms with van der Waals surface area (Å²) in [5, 5.41) is 2.98. The second-order valence-electron chi connectivity index (χ2n) is 7.94. The Morgan fingerprint density at radius 2 is 2.03 bits per heavy atom. The van der Waals surface area contributed by atoms with Gasteiger partial charge in [-0.05, 0) is 50.5 Å². The highest BCUT2D eigenvalue weighted by Gasteiger charge is 2.32. The lowest BCUT2D eigenvalue weighted by Crippen LogP contribution is -2.49. The van der Waals surface area contributed by atoms with Crippen LogP contribution in [-0.2, 0) is 16.0 Å². The molecule has 2 unspecified atom stereocenters. The zero-order chi connectivity index (χ0) is 21.5. The fourth-order valence-corrected chi connectivity index (χ4v) is 3.73. The van der Waals surface area contributed by atoms with E-state index < -0.39 is 0 Å². The van der Waals surface area contributed by atoms with Crippen molar-refractivity contribution in [3.63, 3.8) is 0 Å². The maximum atomic E-state index is 13.1. The molecule has 2 heterocycles. The molecule has 1 aliphatic rings. The normalized spacial score (nSPS) is 19.0. The zero-order valence-corrected chi connectivity index (χ0v) is 17.7. The molecule has 2 amide bonds. The van der Waals surface area contributed by atoms with Crippen LogP contribution in [0.15, 0.2) is 34.9 Å². The number of halogens is 1. The quantitative estimate of drug-likeness (QED) is 0.662. The number of carbonyl (C=O) groups is 2. The first-order valence-corrected chi connectivity index (χ1v) is 10.8. The number of hydrogen-bond donors (Lipinski definition) is 1. The van der Waals surface area contributed by atoms with Crippen LogP contribution in [0, 0.1) is 11.7 Å². The molecular weight excluding hydrogens is 385 g/mol. The van der Waals surface area contributed by atoms with Crippen molar-refractivity contribution in [2.75, 3.05) is 13.1 Å². The van der Waals surface area contributed by atoms with E-state index in [-0.39, 0.29) is 36.0 Å². The number of aromatic nitrogens is 1. The number of nitrogens with zero attached hydrogens (tertiary/aromatic N) is 2. The maximum absolute atomic E-state index is 13.1. The lowest BCUT2D eigenvalue weighted by molar-refractivity contribution is -0.138. The second kappa shape index (κ2) is 10.4. The van der Waals surface area contributed by atoms with E-state index in [0.717, 1.165) is 31.2 Å². The summed E-state index contributed by atoms with van der Waals surface area (Å²) >= 11 is 0. The first kappa shape index (κ1) is 22.0. The number of piperidine rings is 1. The van der Waals surface area contributed by atoms with Crippen LogP contribution in [-0.4, -0.2) is 40.8 Å². The van der Waals surface area contributed by atoms with Crippen molar-refractivity contribution >= 4 is 11.8 Å². The molecule has 162 valence electrons. The van der Waals surface area contributed by atoms with Gasteiger partial charge in [-0.1, -0.05) is 13.3 Å². The number of nitrogens with one attached hydrogen (secondary N) is 1. The molecule has 6 nitrogen and oxygen atoms in total. The molecule has 1 aliphatic heterocycles. The van der Waals surface area contributed by atoms with Crippen molar-refractivity contribution in [2.24, 2.45) is 5.92 Å². The van der Waals surface area contributed by atoms with Gasteiger partial charge in [0.2, 0.25) is 11.8 Å². The van der Waals surface area contributed by atoms with Gasteiger partial charge in [0.05, 0.1) is 12.1 Å². The molecule has 1 N–H and O–H groups in total. The van der Waals surface area contributed by atoms with Gasteiger partial charge in [0.1, 0.15) is 5.82 Å². The molecule has 0 radical (unpaired) electrons. The van der Waals surface area contributed by atoms with Crippen LogP contribution in [0.4, 0.5) is 4.39 Å².